The minimum absolute atomic E-state index is 0.943. The van der Waals surface area contributed by atoms with Gasteiger partial charge in [0.05, 0.1) is 0 Å². The van der Waals surface area contributed by atoms with E-state index in [9.17, 15) is 0 Å². The molecule has 28 heavy (non-hydrogen) atoms. The van der Waals surface area contributed by atoms with E-state index in [1.54, 1.807) is 0 Å². The first kappa shape index (κ1) is 19.4. The number of allylic oxidation sites excluding steroid dienone is 2. The molecule has 146 valence electrons. The topological polar surface area (TPSA) is 8.17 Å². The van der Waals surface area contributed by atoms with Crippen LogP contribution in [-0.4, -0.2) is 34.1 Å². The molecule has 1 saturated heterocycles. The van der Waals surface area contributed by atoms with Gasteiger partial charge in [0, 0.05) is 54.8 Å². The van der Waals surface area contributed by atoms with Crippen molar-refractivity contribution in [3.05, 3.63) is 71.4 Å². The fraction of sp³-hybridized carbons (Fsp3) is 0.360. The third kappa shape index (κ3) is 4.37. The van der Waals surface area contributed by atoms with Crippen LogP contribution in [0.2, 0.25) is 0 Å². The Morgan fingerprint density at radius 3 is 2.57 bits per heavy atom. The smallest absolute Gasteiger partial charge is 0.0487 e. The molecule has 0 bridgehead atoms. The predicted molar refractivity (Wildman–Crippen MR) is 124 cm³/mol. The fourth-order valence-electron chi connectivity index (χ4n) is 3.93. The van der Waals surface area contributed by atoms with Crippen LogP contribution >= 0.6 is 11.8 Å². The summed E-state index contributed by atoms with van der Waals surface area (Å²) >= 11 is 2.08. The van der Waals surface area contributed by atoms with Gasteiger partial charge in [-0.05, 0) is 49.6 Å². The summed E-state index contributed by atoms with van der Waals surface area (Å²) in [6, 6.07) is 15.8. The maximum Gasteiger partial charge on any atom is 0.0487 e. The minimum atomic E-state index is 0.943. The summed E-state index contributed by atoms with van der Waals surface area (Å²) in [7, 11) is 0. The fourth-order valence-corrected chi connectivity index (χ4v) is 4.91. The van der Waals surface area contributed by atoms with E-state index in [4.69, 9.17) is 0 Å². The Balaban J connectivity index is 1.75. The highest BCUT2D eigenvalue weighted by Gasteiger charge is 2.15. The van der Waals surface area contributed by atoms with Crippen LogP contribution in [0.1, 0.15) is 25.0 Å². The van der Waals surface area contributed by atoms with E-state index in [1.807, 2.05) is 0 Å². The maximum atomic E-state index is 2.61. The quantitative estimate of drug-likeness (QED) is 0.484. The number of rotatable bonds is 5. The van der Waals surface area contributed by atoms with Crippen molar-refractivity contribution in [2.75, 3.05) is 24.6 Å². The number of benzene rings is 2. The van der Waals surface area contributed by atoms with E-state index in [1.165, 1.54) is 63.3 Å². The average molecular weight is 391 g/mol. The Morgan fingerprint density at radius 2 is 1.82 bits per heavy atom. The summed E-state index contributed by atoms with van der Waals surface area (Å²) in [5, 5.41) is 1.40. The molecule has 2 aromatic carbocycles. The van der Waals surface area contributed by atoms with Gasteiger partial charge in [0.25, 0.3) is 0 Å². The molecular formula is C25H30N2S. The number of fused-ring (bicyclic) bond motifs is 1. The van der Waals surface area contributed by atoms with E-state index in [-0.39, 0.29) is 0 Å². The molecule has 2 nitrogen and oxygen atoms in total. The zero-order valence-electron chi connectivity index (χ0n) is 17.2. The maximum absolute atomic E-state index is 2.61. The summed E-state index contributed by atoms with van der Waals surface area (Å²) in [6.45, 7) is 10.9. The van der Waals surface area contributed by atoms with Crippen LogP contribution in [0.15, 0.2) is 60.3 Å². The first-order valence-electron chi connectivity index (χ1n) is 10.2. The molecule has 0 spiro atoms. The van der Waals surface area contributed by atoms with E-state index >= 15 is 0 Å². The van der Waals surface area contributed by atoms with Gasteiger partial charge in [0.15, 0.2) is 0 Å². The molecule has 0 atom stereocenters. The van der Waals surface area contributed by atoms with Gasteiger partial charge in [0.2, 0.25) is 0 Å². The van der Waals surface area contributed by atoms with Gasteiger partial charge in [-0.25, -0.2) is 0 Å². The molecule has 2 heterocycles. The Morgan fingerprint density at radius 1 is 1.04 bits per heavy atom. The van der Waals surface area contributed by atoms with Crippen molar-refractivity contribution in [2.45, 2.75) is 33.9 Å². The van der Waals surface area contributed by atoms with Gasteiger partial charge < -0.3 is 4.57 Å². The van der Waals surface area contributed by atoms with Gasteiger partial charge >= 0.3 is 0 Å². The van der Waals surface area contributed by atoms with Crippen molar-refractivity contribution in [1.29, 1.82) is 0 Å². The third-order valence-corrected chi connectivity index (χ3v) is 6.45. The van der Waals surface area contributed by atoms with Crippen LogP contribution < -0.4 is 0 Å². The Bertz CT molecular complexity index is 989. The van der Waals surface area contributed by atoms with Crippen LogP contribution in [0.5, 0.6) is 0 Å². The number of hydrogen-bond acceptors (Lipinski definition) is 2. The normalized spacial score (nSPS) is 15.1. The van der Waals surface area contributed by atoms with Crippen LogP contribution in [-0.2, 0) is 13.1 Å². The second-order valence-electron chi connectivity index (χ2n) is 8.08. The van der Waals surface area contributed by atoms with Crippen molar-refractivity contribution in [3.63, 3.8) is 0 Å². The van der Waals surface area contributed by atoms with E-state index in [2.05, 4.69) is 96.7 Å². The van der Waals surface area contributed by atoms with Gasteiger partial charge in [0.1, 0.15) is 0 Å². The lowest BCUT2D eigenvalue weighted by molar-refractivity contribution is 0.295. The van der Waals surface area contributed by atoms with Crippen LogP contribution in [0.25, 0.3) is 22.0 Å². The Kier molecular flexibility index (Phi) is 5.93. The Labute approximate surface area is 173 Å². The molecule has 3 aromatic rings. The van der Waals surface area contributed by atoms with Crippen molar-refractivity contribution in [1.82, 2.24) is 9.47 Å². The number of nitrogens with zero attached hydrogens (tertiary/aromatic N) is 2. The SMILES string of the molecule is CC(C)=CCn1cc(CN2CCSCC2)c2cc(-c3cccc(C)c3)ccc21. The van der Waals surface area contributed by atoms with Crippen molar-refractivity contribution in [2.24, 2.45) is 0 Å². The standard InChI is InChI=1S/C25H30N2S/c1-19(2)9-10-27-18-23(17-26-11-13-28-14-12-26)24-16-22(7-8-25(24)27)21-6-4-5-20(3)15-21/h4-9,15-16,18H,10-14,17H2,1-3H3. The third-order valence-electron chi connectivity index (χ3n) is 5.51. The molecule has 0 unspecified atom stereocenters. The molecule has 0 N–H and O–H groups in total. The van der Waals surface area contributed by atoms with Crippen LogP contribution in [0, 0.1) is 6.92 Å². The molecule has 1 aliphatic heterocycles. The van der Waals surface area contributed by atoms with E-state index in [0.29, 0.717) is 0 Å². The van der Waals surface area contributed by atoms with Gasteiger partial charge in [-0.3, -0.25) is 4.90 Å². The van der Waals surface area contributed by atoms with Crippen molar-refractivity contribution in [3.8, 4) is 11.1 Å². The number of hydrogen-bond donors (Lipinski definition) is 0. The molecule has 1 aromatic heterocycles. The largest absolute Gasteiger partial charge is 0.343 e. The number of aromatic nitrogens is 1. The molecule has 0 saturated carbocycles. The molecule has 4 rings (SSSR count). The Hall–Kier alpha value is -1.97. The summed E-state index contributed by atoms with van der Waals surface area (Å²) in [4.78, 5) is 2.61. The lowest BCUT2D eigenvalue weighted by atomic mass is 10.0. The first-order valence-corrected chi connectivity index (χ1v) is 11.4. The lowest BCUT2D eigenvalue weighted by Crippen LogP contribution is -2.31. The monoisotopic (exact) mass is 390 g/mol. The first-order chi connectivity index (χ1) is 13.6. The molecule has 1 fully saturated rings. The zero-order chi connectivity index (χ0) is 19.5. The van der Waals surface area contributed by atoms with Gasteiger partial charge in [-0.2, -0.15) is 11.8 Å². The summed E-state index contributed by atoms with van der Waals surface area (Å²) in [6.07, 6.45) is 4.70. The average Bonchev–Trinajstić information content (AvgIpc) is 3.04. The highest BCUT2D eigenvalue weighted by Crippen LogP contribution is 2.30. The van der Waals surface area contributed by atoms with Gasteiger partial charge in [-0.1, -0.05) is 47.5 Å². The lowest BCUT2D eigenvalue weighted by Gasteiger charge is -2.25. The highest BCUT2D eigenvalue weighted by molar-refractivity contribution is 7.99. The highest BCUT2D eigenvalue weighted by atomic mass is 32.2. The molecule has 0 aliphatic carbocycles. The van der Waals surface area contributed by atoms with E-state index < -0.39 is 0 Å². The molecule has 0 radical (unpaired) electrons. The molecule has 3 heteroatoms. The van der Waals surface area contributed by atoms with Crippen molar-refractivity contribution >= 4 is 22.7 Å². The number of aryl methyl sites for hydroxylation is 1. The zero-order valence-corrected chi connectivity index (χ0v) is 18.1. The summed E-state index contributed by atoms with van der Waals surface area (Å²) < 4.78 is 2.41. The number of thioether (sulfide) groups is 1. The summed E-state index contributed by atoms with van der Waals surface area (Å²) in [5.41, 5.74) is 8.09. The van der Waals surface area contributed by atoms with Crippen LogP contribution in [0.4, 0.5) is 0 Å². The molecule has 0 amide bonds. The van der Waals surface area contributed by atoms with Crippen LogP contribution in [0.3, 0.4) is 0 Å². The van der Waals surface area contributed by atoms with Gasteiger partial charge in [-0.15, -0.1) is 0 Å². The predicted octanol–water partition coefficient (Wildman–Crippen LogP) is 6.13. The molecule has 1 aliphatic rings. The van der Waals surface area contributed by atoms with E-state index in [0.717, 1.165) is 13.1 Å². The molecular weight excluding hydrogens is 360 g/mol. The second kappa shape index (κ2) is 8.59. The summed E-state index contributed by atoms with van der Waals surface area (Å²) in [5.74, 6) is 2.51. The minimum Gasteiger partial charge on any atom is -0.343 e. The van der Waals surface area contributed by atoms with Crippen molar-refractivity contribution < 1.29 is 0 Å². The second-order valence-corrected chi connectivity index (χ2v) is 9.30.